The Hall–Kier alpha value is -5.05. The fraction of sp³-hybridized carbons (Fsp3) is 0.219. The molecule has 2 aromatic heterocycles. The molecule has 3 N–H and O–H groups in total. The fourth-order valence-electron chi connectivity index (χ4n) is 5.47. The molecule has 9 heteroatoms. The van der Waals surface area contributed by atoms with Crippen LogP contribution in [0.15, 0.2) is 89.6 Å². The molecule has 0 fully saturated rings. The lowest BCUT2D eigenvalue weighted by Gasteiger charge is -2.18. The third-order valence-corrected chi connectivity index (χ3v) is 7.48. The van der Waals surface area contributed by atoms with Crippen molar-refractivity contribution >= 4 is 33.8 Å². The highest BCUT2D eigenvalue weighted by Crippen LogP contribution is 2.29. The van der Waals surface area contributed by atoms with E-state index in [0.717, 1.165) is 22.0 Å². The number of aryl methyl sites for hydroxylation is 2. The van der Waals surface area contributed by atoms with Crippen LogP contribution in [0.3, 0.4) is 0 Å². The van der Waals surface area contributed by atoms with Gasteiger partial charge in [-0.2, -0.15) is 0 Å². The van der Waals surface area contributed by atoms with Gasteiger partial charge < -0.3 is 20.1 Å². The van der Waals surface area contributed by atoms with Gasteiger partial charge in [0.2, 0.25) is 0 Å². The van der Waals surface area contributed by atoms with E-state index in [1.165, 1.54) is 10.6 Å². The molecular formula is C32H32N4O5. The Morgan fingerprint density at radius 1 is 0.976 bits per heavy atom. The maximum absolute atomic E-state index is 14.2. The van der Waals surface area contributed by atoms with Gasteiger partial charge in [-0.05, 0) is 60.9 Å². The van der Waals surface area contributed by atoms with Crippen LogP contribution in [0.4, 0.5) is 0 Å². The number of carboxylic acid groups (broad SMARTS) is 1. The van der Waals surface area contributed by atoms with Crippen molar-refractivity contribution in [3.05, 3.63) is 118 Å². The van der Waals surface area contributed by atoms with Gasteiger partial charge in [-0.1, -0.05) is 42.5 Å². The quantitative estimate of drug-likeness (QED) is 0.225. The molecule has 0 aliphatic heterocycles. The largest absolute Gasteiger partial charge is 0.511 e. The molecule has 0 bridgehead atoms. The molecular weight excluding hydrogens is 520 g/mol. The zero-order valence-corrected chi connectivity index (χ0v) is 23.2. The first-order valence-electron chi connectivity index (χ1n) is 13.4. The van der Waals surface area contributed by atoms with Gasteiger partial charge >= 0.3 is 11.7 Å². The summed E-state index contributed by atoms with van der Waals surface area (Å²) in [5.41, 5.74) is 4.72. The van der Waals surface area contributed by atoms with Crippen molar-refractivity contribution in [1.29, 1.82) is 0 Å². The van der Waals surface area contributed by atoms with Gasteiger partial charge in [0.1, 0.15) is 5.76 Å². The van der Waals surface area contributed by atoms with E-state index in [9.17, 15) is 24.6 Å². The summed E-state index contributed by atoms with van der Waals surface area (Å²) in [7, 11) is 1.96. The Morgan fingerprint density at radius 2 is 1.73 bits per heavy atom. The van der Waals surface area contributed by atoms with Crippen LogP contribution in [0.25, 0.3) is 21.9 Å². The molecule has 3 aromatic carbocycles. The van der Waals surface area contributed by atoms with Crippen LogP contribution in [0.2, 0.25) is 0 Å². The Labute approximate surface area is 236 Å². The number of aliphatic hydroxyl groups excluding tert-OH is 1. The van der Waals surface area contributed by atoms with E-state index in [-0.39, 0.29) is 36.5 Å². The van der Waals surface area contributed by atoms with E-state index in [2.05, 4.69) is 5.32 Å². The first kappa shape index (κ1) is 27.5. The monoisotopic (exact) mass is 552 g/mol. The van der Waals surface area contributed by atoms with Crippen LogP contribution >= 0.6 is 0 Å². The first-order chi connectivity index (χ1) is 19.7. The second-order valence-corrected chi connectivity index (χ2v) is 10.2. The molecule has 9 nitrogen and oxygen atoms in total. The van der Waals surface area contributed by atoms with E-state index in [1.54, 1.807) is 54.0 Å². The zero-order chi connectivity index (χ0) is 29.3. The van der Waals surface area contributed by atoms with Crippen molar-refractivity contribution in [3.8, 4) is 0 Å². The third-order valence-electron chi connectivity index (χ3n) is 7.48. The average Bonchev–Trinajstić information content (AvgIpc) is 3.43. The van der Waals surface area contributed by atoms with Crippen LogP contribution in [0.1, 0.15) is 46.4 Å². The fourth-order valence-corrected chi connectivity index (χ4v) is 5.47. The summed E-state index contributed by atoms with van der Waals surface area (Å²) >= 11 is 0. The number of amides is 1. The number of fused-ring (bicyclic) bond motifs is 2. The summed E-state index contributed by atoms with van der Waals surface area (Å²) in [5.74, 6) is -1.45. The van der Waals surface area contributed by atoms with Gasteiger partial charge in [-0.3, -0.25) is 18.7 Å². The Morgan fingerprint density at radius 3 is 2.44 bits per heavy atom. The van der Waals surface area contributed by atoms with Crippen molar-refractivity contribution in [2.45, 2.75) is 32.9 Å². The Bertz CT molecular complexity index is 1860. The molecule has 0 aliphatic carbocycles. The van der Waals surface area contributed by atoms with Crippen LogP contribution in [-0.2, 0) is 18.4 Å². The number of rotatable bonds is 9. The van der Waals surface area contributed by atoms with Crippen LogP contribution in [-0.4, -0.2) is 42.3 Å². The summed E-state index contributed by atoms with van der Waals surface area (Å²) in [4.78, 5) is 39.2. The van der Waals surface area contributed by atoms with Crippen molar-refractivity contribution in [3.63, 3.8) is 0 Å². The number of nitrogens with one attached hydrogen (secondary N) is 1. The standard InChI is InChI=1S/C32H32N4O5/c1-4-24(37)17-33-31(40)22-13-14-25-28(15-22)36(27(16-29(38)39)21-10-6-5-7-11-21)32(41)35(25)19-23-18-34(3)26-12-8-9-20(2)30(23)26/h4-15,18,27,37H,16-17,19H2,1-3H3,(H,33,40)(H,38,39)/b24-4-/t27-/m1/s1. The summed E-state index contributed by atoms with van der Waals surface area (Å²) < 4.78 is 5.15. The smallest absolute Gasteiger partial charge is 0.330 e. The molecule has 5 aromatic rings. The number of carbonyl (C=O) groups excluding carboxylic acids is 1. The molecule has 0 radical (unpaired) electrons. The summed E-state index contributed by atoms with van der Waals surface area (Å²) in [6.07, 6.45) is 3.18. The van der Waals surface area contributed by atoms with Gasteiger partial charge in [0.05, 0.1) is 36.6 Å². The van der Waals surface area contributed by atoms with E-state index < -0.39 is 17.9 Å². The summed E-state index contributed by atoms with van der Waals surface area (Å²) in [6.45, 7) is 3.93. The number of allylic oxidation sites excluding steroid dienone is 1. The lowest BCUT2D eigenvalue weighted by atomic mass is 10.0. The van der Waals surface area contributed by atoms with Crippen molar-refractivity contribution < 1.29 is 19.8 Å². The summed E-state index contributed by atoms with van der Waals surface area (Å²) in [6, 6.07) is 19.3. The minimum Gasteiger partial charge on any atom is -0.511 e. The number of carboxylic acids is 1. The number of aliphatic carboxylic acids is 1. The van der Waals surface area contributed by atoms with Crippen LogP contribution in [0, 0.1) is 6.92 Å². The highest BCUT2D eigenvalue weighted by Gasteiger charge is 2.26. The molecule has 2 heterocycles. The number of imidazole rings is 1. The van der Waals surface area contributed by atoms with E-state index in [0.29, 0.717) is 16.6 Å². The zero-order valence-electron chi connectivity index (χ0n) is 23.2. The van der Waals surface area contributed by atoms with Crippen LogP contribution < -0.4 is 11.0 Å². The lowest BCUT2D eigenvalue weighted by molar-refractivity contribution is -0.137. The predicted octanol–water partition coefficient (Wildman–Crippen LogP) is 4.91. The number of benzene rings is 3. The molecule has 0 aliphatic rings. The Balaban J connectivity index is 1.72. The minimum absolute atomic E-state index is 0.0264. The molecule has 0 saturated carbocycles. The number of aromatic nitrogens is 3. The molecule has 1 atom stereocenters. The number of aliphatic hydroxyl groups is 1. The van der Waals surface area contributed by atoms with Gasteiger partial charge in [0.25, 0.3) is 5.91 Å². The highest BCUT2D eigenvalue weighted by molar-refractivity contribution is 5.97. The topological polar surface area (TPSA) is 118 Å². The molecule has 0 saturated heterocycles. The first-order valence-corrected chi connectivity index (χ1v) is 13.4. The highest BCUT2D eigenvalue weighted by atomic mass is 16.4. The lowest BCUT2D eigenvalue weighted by Crippen LogP contribution is -2.29. The van der Waals surface area contributed by atoms with E-state index >= 15 is 0 Å². The number of nitrogens with zero attached hydrogens (tertiary/aromatic N) is 3. The number of hydrogen-bond donors (Lipinski definition) is 3. The van der Waals surface area contributed by atoms with Gasteiger partial charge in [0.15, 0.2) is 0 Å². The third kappa shape index (κ3) is 5.26. The van der Waals surface area contributed by atoms with Crippen LogP contribution in [0.5, 0.6) is 0 Å². The molecule has 1 amide bonds. The van der Waals surface area contributed by atoms with Crippen molar-refractivity contribution in [2.24, 2.45) is 7.05 Å². The van der Waals surface area contributed by atoms with E-state index in [1.807, 2.05) is 49.0 Å². The average molecular weight is 553 g/mol. The second kappa shape index (κ2) is 11.2. The second-order valence-electron chi connectivity index (χ2n) is 10.2. The SMILES string of the molecule is C/C=C(\O)CNC(=O)c1ccc2c(c1)n([C@H](CC(=O)O)c1ccccc1)c(=O)n2Cc1cn(C)c2cccc(C)c12. The Kier molecular flexibility index (Phi) is 7.52. The summed E-state index contributed by atoms with van der Waals surface area (Å²) in [5, 5.41) is 23.3. The maximum Gasteiger partial charge on any atom is 0.330 e. The number of hydrogen-bond acceptors (Lipinski definition) is 4. The van der Waals surface area contributed by atoms with Crippen molar-refractivity contribution in [2.75, 3.05) is 6.54 Å². The molecule has 0 spiro atoms. The molecule has 210 valence electrons. The number of carbonyl (C=O) groups is 2. The maximum atomic E-state index is 14.2. The van der Waals surface area contributed by atoms with Gasteiger partial charge in [-0.15, -0.1) is 0 Å². The normalized spacial score (nSPS) is 12.6. The molecule has 5 rings (SSSR count). The molecule has 0 unspecified atom stereocenters. The molecule has 41 heavy (non-hydrogen) atoms. The van der Waals surface area contributed by atoms with Crippen molar-refractivity contribution in [1.82, 2.24) is 19.0 Å². The van der Waals surface area contributed by atoms with Gasteiger partial charge in [-0.25, -0.2) is 4.79 Å². The minimum atomic E-state index is -1.05. The van der Waals surface area contributed by atoms with Gasteiger partial charge in [0, 0.05) is 29.7 Å². The van der Waals surface area contributed by atoms with E-state index in [4.69, 9.17) is 0 Å². The predicted molar refractivity (Wildman–Crippen MR) is 159 cm³/mol.